The second kappa shape index (κ2) is 8.59. The van der Waals surface area contributed by atoms with Gasteiger partial charge < -0.3 is 5.32 Å². The van der Waals surface area contributed by atoms with E-state index in [2.05, 4.69) is 25.3 Å². The van der Waals surface area contributed by atoms with Gasteiger partial charge in [-0.3, -0.25) is 14.3 Å². The lowest BCUT2D eigenvalue weighted by Crippen LogP contribution is -2.40. The van der Waals surface area contributed by atoms with Crippen LogP contribution in [0.2, 0.25) is 0 Å². The smallest absolute Gasteiger partial charge is 0.347 e. The summed E-state index contributed by atoms with van der Waals surface area (Å²) in [5, 5.41) is 2.92. The SMILES string of the molecule is FC(F)(F)c1ccccn1.O=C(NC1CCC1)c1nccc(-n2ccnc2)n1.[HH]. The van der Waals surface area contributed by atoms with Crippen LogP contribution < -0.4 is 5.32 Å². The highest BCUT2D eigenvalue weighted by Crippen LogP contribution is 2.26. The fourth-order valence-electron chi connectivity index (χ4n) is 2.33. The number of hydrogen-bond acceptors (Lipinski definition) is 5. The third-order valence-corrected chi connectivity index (χ3v) is 4.01. The van der Waals surface area contributed by atoms with E-state index in [0.29, 0.717) is 5.82 Å². The molecule has 0 radical (unpaired) electrons. The largest absolute Gasteiger partial charge is 0.433 e. The summed E-state index contributed by atoms with van der Waals surface area (Å²) in [4.78, 5) is 27.2. The third kappa shape index (κ3) is 5.12. The van der Waals surface area contributed by atoms with Crippen molar-refractivity contribution in [3.8, 4) is 5.82 Å². The molecular formula is C18H19F3N6O. The predicted molar refractivity (Wildman–Crippen MR) is 95.6 cm³/mol. The zero-order valence-corrected chi connectivity index (χ0v) is 14.7. The number of rotatable bonds is 3. The number of pyridine rings is 1. The van der Waals surface area contributed by atoms with Crippen molar-refractivity contribution in [3.05, 3.63) is 66.9 Å². The van der Waals surface area contributed by atoms with Gasteiger partial charge in [-0.1, -0.05) is 6.07 Å². The Hall–Kier alpha value is -3.30. The van der Waals surface area contributed by atoms with Crippen LogP contribution in [0.15, 0.2) is 55.4 Å². The Morgan fingerprint density at radius 3 is 2.50 bits per heavy atom. The summed E-state index contributed by atoms with van der Waals surface area (Å²) in [5.41, 5.74) is -0.852. The summed E-state index contributed by atoms with van der Waals surface area (Å²) in [6.45, 7) is 0. The van der Waals surface area contributed by atoms with Crippen LogP contribution in [0.1, 0.15) is 37.0 Å². The van der Waals surface area contributed by atoms with Gasteiger partial charge in [0.2, 0.25) is 5.82 Å². The number of carbonyl (C=O) groups is 1. The molecule has 1 aliphatic carbocycles. The van der Waals surface area contributed by atoms with Crippen LogP contribution in [-0.4, -0.2) is 36.5 Å². The standard InChI is InChI=1S/C12H13N5O.C6H4F3N.H2/c18-12(15-9-2-1-3-9)11-14-5-4-10(16-11)17-7-6-13-8-17;7-6(8,9)5-3-1-2-4-10-5;/h4-9H,1-3H2,(H,15,18);1-4H;1H. The Labute approximate surface area is 160 Å². The van der Waals surface area contributed by atoms with Gasteiger partial charge in [-0.25, -0.2) is 15.0 Å². The average molecular weight is 392 g/mol. The number of halogens is 3. The van der Waals surface area contributed by atoms with Gasteiger partial charge in [0.05, 0.1) is 0 Å². The molecule has 3 heterocycles. The summed E-state index contributed by atoms with van der Waals surface area (Å²) in [7, 11) is 0. The number of amides is 1. The molecule has 0 aliphatic heterocycles. The van der Waals surface area contributed by atoms with Gasteiger partial charge in [-0.15, -0.1) is 0 Å². The minimum Gasteiger partial charge on any atom is -0.347 e. The zero-order valence-electron chi connectivity index (χ0n) is 14.7. The quantitative estimate of drug-likeness (QED) is 0.739. The van der Waals surface area contributed by atoms with Gasteiger partial charge in [-0.2, -0.15) is 13.2 Å². The molecule has 0 aromatic carbocycles. The van der Waals surface area contributed by atoms with Crippen LogP contribution in [-0.2, 0) is 6.18 Å². The Bertz CT molecular complexity index is 901. The van der Waals surface area contributed by atoms with Crippen molar-refractivity contribution in [1.29, 1.82) is 0 Å². The van der Waals surface area contributed by atoms with Crippen LogP contribution >= 0.6 is 0 Å². The fourth-order valence-corrected chi connectivity index (χ4v) is 2.33. The minimum atomic E-state index is -4.32. The van der Waals surface area contributed by atoms with Crippen molar-refractivity contribution >= 4 is 5.91 Å². The Kier molecular flexibility index (Phi) is 5.97. The van der Waals surface area contributed by atoms with Crippen molar-refractivity contribution in [2.24, 2.45) is 0 Å². The average Bonchev–Trinajstić information content (AvgIpc) is 3.20. The maximum absolute atomic E-state index is 11.9. The Morgan fingerprint density at radius 2 is 1.96 bits per heavy atom. The number of nitrogens with zero attached hydrogens (tertiary/aromatic N) is 5. The van der Waals surface area contributed by atoms with Crippen LogP contribution in [0.3, 0.4) is 0 Å². The van der Waals surface area contributed by atoms with Gasteiger partial charge in [0, 0.05) is 32.3 Å². The molecular weight excluding hydrogens is 373 g/mol. The van der Waals surface area contributed by atoms with Gasteiger partial charge in [-0.05, 0) is 37.5 Å². The minimum absolute atomic E-state index is 0. The molecule has 7 nitrogen and oxygen atoms in total. The van der Waals surface area contributed by atoms with E-state index >= 15 is 0 Å². The maximum Gasteiger partial charge on any atom is 0.433 e. The highest BCUT2D eigenvalue weighted by molar-refractivity contribution is 5.90. The first-order valence-corrected chi connectivity index (χ1v) is 8.54. The van der Waals surface area contributed by atoms with E-state index in [1.165, 1.54) is 18.6 Å². The second-order valence-electron chi connectivity index (χ2n) is 6.02. The first kappa shape index (κ1) is 19.5. The Balaban J connectivity index is 0.000000234. The molecule has 1 saturated carbocycles. The molecule has 148 valence electrons. The number of carbonyl (C=O) groups excluding carboxylic acids is 1. The van der Waals surface area contributed by atoms with Crippen molar-refractivity contribution in [3.63, 3.8) is 0 Å². The molecule has 1 N–H and O–H groups in total. The van der Waals surface area contributed by atoms with E-state index in [-0.39, 0.29) is 19.2 Å². The number of aromatic nitrogens is 5. The number of hydrogen-bond donors (Lipinski definition) is 1. The summed E-state index contributed by atoms with van der Waals surface area (Å²) in [6.07, 6.45) is 6.73. The number of nitrogens with one attached hydrogen (secondary N) is 1. The topological polar surface area (TPSA) is 85.6 Å². The van der Waals surface area contributed by atoms with Crippen molar-refractivity contribution < 1.29 is 19.4 Å². The van der Waals surface area contributed by atoms with Crippen molar-refractivity contribution in [1.82, 2.24) is 29.8 Å². The molecule has 10 heteroatoms. The predicted octanol–water partition coefficient (Wildman–Crippen LogP) is 3.29. The van der Waals surface area contributed by atoms with Crippen molar-refractivity contribution in [2.45, 2.75) is 31.5 Å². The summed E-state index contributed by atoms with van der Waals surface area (Å²) >= 11 is 0. The summed E-state index contributed by atoms with van der Waals surface area (Å²) < 4.78 is 36.9. The van der Waals surface area contributed by atoms with Gasteiger partial charge in [0.1, 0.15) is 17.8 Å². The summed E-state index contributed by atoms with van der Waals surface area (Å²) in [6, 6.07) is 5.70. The number of alkyl halides is 3. The van der Waals surface area contributed by atoms with Gasteiger partial charge in [0.15, 0.2) is 0 Å². The molecule has 3 aromatic heterocycles. The number of imidazole rings is 1. The zero-order chi connectivity index (χ0) is 20.0. The van der Waals surface area contributed by atoms with Gasteiger partial charge in [0.25, 0.3) is 5.91 Å². The molecule has 0 unspecified atom stereocenters. The van der Waals surface area contributed by atoms with Crippen LogP contribution in [0.5, 0.6) is 0 Å². The van der Waals surface area contributed by atoms with E-state index in [1.807, 2.05) is 0 Å². The van der Waals surface area contributed by atoms with E-state index in [0.717, 1.165) is 25.1 Å². The van der Waals surface area contributed by atoms with Gasteiger partial charge >= 0.3 is 6.18 Å². The first-order chi connectivity index (χ1) is 13.4. The fraction of sp³-hybridized carbons (Fsp3) is 0.278. The van der Waals surface area contributed by atoms with Crippen molar-refractivity contribution in [2.75, 3.05) is 0 Å². The molecule has 0 atom stereocenters. The molecule has 1 fully saturated rings. The molecule has 0 spiro atoms. The van der Waals surface area contributed by atoms with E-state index in [1.54, 1.807) is 35.6 Å². The lowest BCUT2D eigenvalue weighted by molar-refractivity contribution is -0.141. The first-order valence-electron chi connectivity index (χ1n) is 8.54. The van der Waals surface area contributed by atoms with E-state index in [9.17, 15) is 18.0 Å². The molecule has 1 amide bonds. The second-order valence-corrected chi connectivity index (χ2v) is 6.02. The highest BCUT2D eigenvalue weighted by atomic mass is 19.4. The summed E-state index contributed by atoms with van der Waals surface area (Å²) in [5.74, 6) is 0.635. The van der Waals surface area contributed by atoms with Crippen LogP contribution in [0.4, 0.5) is 13.2 Å². The molecule has 0 bridgehead atoms. The van der Waals surface area contributed by atoms with Crippen LogP contribution in [0, 0.1) is 0 Å². The highest BCUT2D eigenvalue weighted by Gasteiger charge is 2.31. The molecule has 3 aromatic rings. The Morgan fingerprint density at radius 1 is 1.14 bits per heavy atom. The lowest BCUT2D eigenvalue weighted by atomic mass is 9.93. The third-order valence-electron chi connectivity index (χ3n) is 4.01. The molecule has 4 rings (SSSR count). The lowest BCUT2D eigenvalue weighted by Gasteiger charge is -2.25. The van der Waals surface area contributed by atoms with E-state index in [4.69, 9.17) is 0 Å². The molecule has 28 heavy (non-hydrogen) atoms. The molecule has 1 aliphatic rings. The normalized spacial score (nSPS) is 13.8. The monoisotopic (exact) mass is 392 g/mol. The maximum atomic E-state index is 11.9. The van der Waals surface area contributed by atoms with E-state index < -0.39 is 11.9 Å². The molecule has 0 saturated heterocycles. The van der Waals surface area contributed by atoms with Crippen LogP contribution in [0.25, 0.3) is 5.82 Å².